The summed E-state index contributed by atoms with van der Waals surface area (Å²) in [6, 6.07) is 4.87. The van der Waals surface area contributed by atoms with Crippen LogP contribution in [0.25, 0.3) is 10.9 Å². The molecule has 0 fully saturated rings. The molecule has 2 rings (SSSR count). The fourth-order valence-electron chi connectivity index (χ4n) is 2.21. The zero-order valence-electron chi connectivity index (χ0n) is 10.7. The van der Waals surface area contributed by atoms with Gasteiger partial charge in [0, 0.05) is 11.1 Å². The number of para-hydroxylation sites is 1. The normalized spacial score (nSPS) is 11.1. The molecule has 0 aliphatic carbocycles. The second-order valence-corrected chi connectivity index (χ2v) is 4.08. The van der Waals surface area contributed by atoms with Crippen LogP contribution in [0.4, 0.5) is 14.5 Å². The van der Waals surface area contributed by atoms with E-state index < -0.39 is 6.61 Å². The number of anilines is 1. The molecule has 1 aromatic heterocycles. The molecule has 0 radical (unpaired) electrons. The molecule has 0 bridgehead atoms. The Kier molecular flexibility index (Phi) is 3.80. The van der Waals surface area contributed by atoms with E-state index in [1.54, 1.807) is 12.1 Å². The zero-order valence-corrected chi connectivity index (χ0v) is 10.7. The molecule has 0 spiro atoms. The second-order valence-electron chi connectivity index (χ2n) is 4.08. The number of alkyl halides is 2. The highest BCUT2D eigenvalue weighted by atomic mass is 19.3. The molecule has 3 N–H and O–H groups in total. The fraction of sp³-hybridized carbons (Fsp3) is 0.308. The van der Waals surface area contributed by atoms with Crippen molar-refractivity contribution >= 4 is 16.6 Å². The van der Waals surface area contributed by atoms with Crippen LogP contribution in [-0.4, -0.2) is 11.6 Å². The van der Waals surface area contributed by atoms with Gasteiger partial charge in [-0.2, -0.15) is 8.78 Å². The molecule has 0 saturated heterocycles. The van der Waals surface area contributed by atoms with Gasteiger partial charge in [0.05, 0.1) is 5.69 Å². The first-order valence-corrected chi connectivity index (χ1v) is 5.92. The second kappa shape index (κ2) is 5.36. The third-order valence-corrected chi connectivity index (χ3v) is 3.00. The van der Waals surface area contributed by atoms with E-state index in [4.69, 9.17) is 5.84 Å². The lowest BCUT2D eigenvalue weighted by Gasteiger charge is -2.15. The summed E-state index contributed by atoms with van der Waals surface area (Å²) in [5.41, 5.74) is 5.41. The SMILES string of the molecule is CCc1c(C)nc2c(OC(F)F)cccc2c1NN. The van der Waals surface area contributed by atoms with Gasteiger partial charge in [0.25, 0.3) is 0 Å². The molecular weight excluding hydrogens is 252 g/mol. The molecule has 19 heavy (non-hydrogen) atoms. The van der Waals surface area contributed by atoms with E-state index in [0.717, 1.165) is 17.7 Å². The molecule has 0 aliphatic rings. The number of benzene rings is 1. The molecule has 6 heteroatoms. The number of hydrogen-bond acceptors (Lipinski definition) is 4. The summed E-state index contributed by atoms with van der Waals surface area (Å²) in [4.78, 5) is 4.35. The van der Waals surface area contributed by atoms with E-state index in [0.29, 0.717) is 16.6 Å². The molecule has 0 saturated carbocycles. The quantitative estimate of drug-likeness (QED) is 0.660. The predicted octanol–water partition coefficient (Wildman–Crippen LogP) is 2.99. The number of ether oxygens (including phenoxy) is 1. The highest BCUT2D eigenvalue weighted by Crippen LogP contribution is 2.33. The van der Waals surface area contributed by atoms with Gasteiger partial charge < -0.3 is 10.2 Å². The molecular formula is C13H15F2N3O. The van der Waals surface area contributed by atoms with Crippen molar-refractivity contribution in [3.8, 4) is 5.75 Å². The maximum absolute atomic E-state index is 12.4. The predicted molar refractivity (Wildman–Crippen MR) is 70.3 cm³/mol. The summed E-state index contributed by atoms with van der Waals surface area (Å²) in [6.45, 7) is 0.918. The van der Waals surface area contributed by atoms with Crippen molar-refractivity contribution in [1.29, 1.82) is 0 Å². The summed E-state index contributed by atoms with van der Waals surface area (Å²) in [6.07, 6.45) is 0.744. The largest absolute Gasteiger partial charge is 0.432 e. The van der Waals surface area contributed by atoms with Gasteiger partial charge in [-0.15, -0.1) is 0 Å². The molecule has 1 aromatic carbocycles. The van der Waals surface area contributed by atoms with Crippen molar-refractivity contribution in [2.75, 3.05) is 5.43 Å². The molecule has 0 unspecified atom stereocenters. The summed E-state index contributed by atoms with van der Waals surface area (Å²) < 4.78 is 29.3. The Morgan fingerprint density at radius 3 is 2.74 bits per heavy atom. The Labute approximate surface area is 109 Å². The lowest BCUT2D eigenvalue weighted by Crippen LogP contribution is -2.12. The molecule has 2 aromatic rings. The van der Waals surface area contributed by atoms with Gasteiger partial charge in [0.15, 0.2) is 5.75 Å². The van der Waals surface area contributed by atoms with Crippen molar-refractivity contribution in [3.05, 3.63) is 29.5 Å². The number of nitrogen functional groups attached to an aromatic ring is 1. The van der Waals surface area contributed by atoms with Crippen LogP contribution >= 0.6 is 0 Å². The number of nitrogens with one attached hydrogen (secondary N) is 1. The van der Waals surface area contributed by atoms with E-state index in [9.17, 15) is 8.78 Å². The average molecular weight is 267 g/mol. The highest BCUT2D eigenvalue weighted by Gasteiger charge is 2.15. The number of nitrogens with zero attached hydrogens (tertiary/aromatic N) is 1. The Balaban J connectivity index is 2.74. The number of halogens is 2. The Morgan fingerprint density at radius 2 is 2.16 bits per heavy atom. The Morgan fingerprint density at radius 1 is 1.42 bits per heavy atom. The van der Waals surface area contributed by atoms with Crippen molar-refractivity contribution in [3.63, 3.8) is 0 Å². The van der Waals surface area contributed by atoms with Crippen molar-refractivity contribution in [2.24, 2.45) is 5.84 Å². The highest BCUT2D eigenvalue weighted by molar-refractivity contribution is 5.96. The van der Waals surface area contributed by atoms with Gasteiger partial charge in [-0.1, -0.05) is 19.1 Å². The number of aromatic nitrogens is 1. The van der Waals surface area contributed by atoms with Crippen molar-refractivity contribution in [2.45, 2.75) is 26.9 Å². The first-order valence-electron chi connectivity index (χ1n) is 5.92. The standard InChI is InChI=1S/C13H15F2N3O/c1-3-8-7(2)17-12-9(11(8)18-16)5-4-6-10(12)19-13(14)15/h4-6,13H,3,16H2,1-2H3,(H,17,18). The maximum atomic E-state index is 12.4. The van der Waals surface area contributed by atoms with Gasteiger partial charge in [0.1, 0.15) is 5.52 Å². The summed E-state index contributed by atoms with van der Waals surface area (Å²) in [7, 11) is 0. The van der Waals surface area contributed by atoms with Gasteiger partial charge in [-0.3, -0.25) is 5.84 Å². The number of hydrazine groups is 1. The van der Waals surface area contributed by atoms with Crippen LogP contribution in [0.1, 0.15) is 18.2 Å². The summed E-state index contributed by atoms with van der Waals surface area (Å²) in [5, 5.41) is 0.670. The number of hydrogen-bond donors (Lipinski definition) is 2. The van der Waals surface area contributed by atoms with Gasteiger partial charge in [-0.05, 0) is 25.0 Å². The van der Waals surface area contributed by atoms with Crippen LogP contribution in [0, 0.1) is 6.92 Å². The Bertz CT molecular complexity index is 602. The van der Waals surface area contributed by atoms with Crippen LogP contribution in [-0.2, 0) is 6.42 Å². The van der Waals surface area contributed by atoms with Crippen LogP contribution in [0.3, 0.4) is 0 Å². The van der Waals surface area contributed by atoms with E-state index in [1.165, 1.54) is 6.07 Å². The number of aryl methyl sites for hydroxylation is 1. The lowest BCUT2D eigenvalue weighted by molar-refractivity contribution is -0.0489. The smallest absolute Gasteiger partial charge is 0.387 e. The third-order valence-electron chi connectivity index (χ3n) is 3.00. The minimum absolute atomic E-state index is 0.0507. The fourth-order valence-corrected chi connectivity index (χ4v) is 2.21. The van der Waals surface area contributed by atoms with Gasteiger partial charge in [0.2, 0.25) is 0 Å². The van der Waals surface area contributed by atoms with Gasteiger partial charge >= 0.3 is 6.61 Å². The minimum atomic E-state index is -2.88. The first kappa shape index (κ1) is 13.5. The lowest BCUT2D eigenvalue weighted by atomic mass is 10.0. The average Bonchev–Trinajstić information content (AvgIpc) is 2.37. The molecule has 0 atom stereocenters. The Hall–Kier alpha value is -1.95. The van der Waals surface area contributed by atoms with Crippen LogP contribution in [0.5, 0.6) is 5.75 Å². The third kappa shape index (κ3) is 2.44. The van der Waals surface area contributed by atoms with Crippen molar-refractivity contribution in [1.82, 2.24) is 4.98 Å². The zero-order chi connectivity index (χ0) is 14.0. The number of nitrogens with two attached hydrogens (primary N) is 1. The van der Waals surface area contributed by atoms with Crippen LogP contribution in [0.2, 0.25) is 0 Å². The number of rotatable bonds is 4. The first-order chi connectivity index (χ1) is 9.08. The van der Waals surface area contributed by atoms with Crippen LogP contribution < -0.4 is 16.0 Å². The monoisotopic (exact) mass is 267 g/mol. The summed E-state index contributed by atoms with van der Waals surface area (Å²) >= 11 is 0. The van der Waals surface area contributed by atoms with E-state index in [1.807, 2.05) is 13.8 Å². The van der Waals surface area contributed by atoms with Crippen molar-refractivity contribution < 1.29 is 13.5 Å². The van der Waals surface area contributed by atoms with Crippen LogP contribution in [0.15, 0.2) is 18.2 Å². The maximum Gasteiger partial charge on any atom is 0.387 e. The molecule has 0 amide bonds. The summed E-state index contributed by atoms with van der Waals surface area (Å²) in [5.74, 6) is 5.60. The van der Waals surface area contributed by atoms with E-state index in [-0.39, 0.29) is 5.75 Å². The number of fused-ring (bicyclic) bond motifs is 1. The topological polar surface area (TPSA) is 60.2 Å². The minimum Gasteiger partial charge on any atom is -0.432 e. The van der Waals surface area contributed by atoms with E-state index in [2.05, 4.69) is 15.1 Å². The molecule has 1 heterocycles. The number of pyridine rings is 1. The molecule has 4 nitrogen and oxygen atoms in total. The van der Waals surface area contributed by atoms with Gasteiger partial charge in [-0.25, -0.2) is 4.98 Å². The molecule has 0 aliphatic heterocycles. The molecule has 102 valence electrons. The van der Waals surface area contributed by atoms with E-state index >= 15 is 0 Å².